The topological polar surface area (TPSA) is 66.5 Å². The Kier molecular flexibility index (Phi) is 5.47. The van der Waals surface area contributed by atoms with Crippen molar-refractivity contribution >= 4 is 27.3 Å². The Balaban J connectivity index is 2.33. The van der Waals surface area contributed by atoms with Gasteiger partial charge in [0.2, 0.25) is 15.9 Å². The maximum absolute atomic E-state index is 13.1. The summed E-state index contributed by atoms with van der Waals surface area (Å²) in [5.74, 6) is -0.951. The van der Waals surface area contributed by atoms with Gasteiger partial charge in [0, 0.05) is 5.69 Å². The summed E-state index contributed by atoms with van der Waals surface area (Å²) in [7, 11) is -3.74. The van der Waals surface area contributed by atoms with Gasteiger partial charge in [-0.2, -0.15) is 0 Å². The van der Waals surface area contributed by atoms with E-state index in [0.29, 0.717) is 5.69 Å². The average Bonchev–Trinajstić information content (AvgIpc) is 2.52. The Morgan fingerprint density at radius 2 is 1.72 bits per heavy atom. The number of nitrogens with one attached hydrogen (secondary N) is 1. The first-order valence-corrected chi connectivity index (χ1v) is 9.58. The van der Waals surface area contributed by atoms with Gasteiger partial charge >= 0.3 is 0 Å². The average molecular weight is 364 g/mol. The van der Waals surface area contributed by atoms with Crippen LogP contribution >= 0.6 is 0 Å². The van der Waals surface area contributed by atoms with Crippen LogP contribution in [0.25, 0.3) is 0 Å². The molecule has 0 saturated carbocycles. The molecule has 0 aliphatic carbocycles. The zero-order valence-corrected chi connectivity index (χ0v) is 15.4. The van der Waals surface area contributed by atoms with Crippen molar-refractivity contribution in [3.05, 3.63) is 59.4 Å². The maximum atomic E-state index is 13.1. The van der Waals surface area contributed by atoms with E-state index in [4.69, 9.17) is 0 Å². The molecule has 0 heterocycles. The molecule has 25 heavy (non-hydrogen) atoms. The van der Waals surface area contributed by atoms with E-state index in [-0.39, 0.29) is 5.69 Å². The van der Waals surface area contributed by atoms with Gasteiger partial charge in [0.05, 0.1) is 11.9 Å². The van der Waals surface area contributed by atoms with Crippen molar-refractivity contribution < 1.29 is 17.6 Å². The summed E-state index contributed by atoms with van der Waals surface area (Å²) in [4.78, 5) is 12.6. The molecule has 7 heteroatoms. The van der Waals surface area contributed by atoms with E-state index in [1.807, 2.05) is 26.0 Å². The van der Waals surface area contributed by atoms with Crippen molar-refractivity contribution in [3.8, 4) is 0 Å². The van der Waals surface area contributed by atoms with Crippen molar-refractivity contribution in [2.24, 2.45) is 0 Å². The molecule has 0 aliphatic heterocycles. The van der Waals surface area contributed by atoms with Crippen LogP contribution in [0, 0.1) is 19.7 Å². The zero-order valence-electron chi connectivity index (χ0n) is 14.6. The van der Waals surface area contributed by atoms with Crippen molar-refractivity contribution in [3.63, 3.8) is 0 Å². The molecule has 2 aromatic rings. The highest BCUT2D eigenvalue weighted by Gasteiger charge is 2.29. The van der Waals surface area contributed by atoms with Gasteiger partial charge in [0.25, 0.3) is 0 Å². The van der Waals surface area contributed by atoms with E-state index >= 15 is 0 Å². The van der Waals surface area contributed by atoms with Gasteiger partial charge in [-0.05, 0) is 62.2 Å². The molecule has 134 valence electrons. The predicted octanol–water partition coefficient (Wildman–Crippen LogP) is 3.24. The SMILES string of the molecule is Cc1cccc(NC(=O)[C@H](C)N(c2ccc(F)cc2)S(C)(=O)=O)c1C. The third kappa shape index (κ3) is 4.36. The number of nitrogens with zero attached hydrogens (tertiary/aromatic N) is 1. The summed E-state index contributed by atoms with van der Waals surface area (Å²) in [6.45, 7) is 5.30. The first kappa shape index (κ1) is 18.9. The lowest BCUT2D eigenvalue weighted by atomic mass is 10.1. The monoisotopic (exact) mass is 364 g/mol. The molecule has 1 atom stereocenters. The highest BCUT2D eigenvalue weighted by atomic mass is 32.2. The molecule has 2 rings (SSSR count). The Bertz CT molecular complexity index is 880. The fourth-order valence-electron chi connectivity index (χ4n) is 2.52. The van der Waals surface area contributed by atoms with Gasteiger partial charge in [-0.1, -0.05) is 12.1 Å². The Labute approximate surface area is 147 Å². The number of anilines is 2. The van der Waals surface area contributed by atoms with Gasteiger partial charge in [-0.3, -0.25) is 9.10 Å². The number of halogens is 1. The van der Waals surface area contributed by atoms with Crippen LogP contribution in [-0.2, 0) is 14.8 Å². The molecular weight excluding hydrogens is 343 g/mol. The highest BCUT2D eigenvalue weighted by Crippen LogP contribution is 2.23. The second kappa shape index (κ2) is 7.23. The summed E-state index contributed by atoms with van der Waals surface area (Å²) in [6, 6.07) is 9.48. The normalized spacial score (nSPS) is 12.5. The van der Waals surface area contributed by atoms with Crippen LogP contribution < -0.4 is 9.62 Å². The smallest absolute Gasteiger partial charge is 0.248 e. The molecule has 0 spiro atoms. The van der Waals surface area contributed by atoms with E-state index < -0.39 is 27.8 Å². The van der Waals surface area contributed by atoms with Crippen LogP contribution in [0.4, 0.5) is 15.8 Å². The molecule has 0 aromatic heterocycles. The minimum atomic E-state index is -3.74. The fourth-order valence-corrected chi connectivity index (χ4v) is 3.70. The molecule has 1 N–H and O–H groups in total. The van der Waals surface area contributed by atoms with E-state index in [1.54, 1.807) is 6.07 Å². The van der Waals surface area contributed by atoms with Crippen LogP contribution in [0.15, 0.2) is 42.5 Å². The zero-order chi connectivity index (χ0) is 18.8. The molecule has 2 aromatic carbocycles. The van der Waals surface area contributed by atoms with E-state index in [9.17, 15) is 17.6 Å². The molecule has 1 amide bonds. The van der Waals surface area contributed by atoms with Crippen molar-refractivity contribution in [1.82, 2.24) is 0 Å². The van der Waals surface area contributed by atoms with Crippen LogP contribution in [0.3, 0.4) is 0 Å². The number of hydrogen-bond acceptors (Lipinski definition) is 3. The maximum Gasteiger partial charge on any atom is 0.248 e. The van der Waals surface area contributed by atoms with E-state index in [0.717, 1.165) is 33.8 Å². The first-order valence-electron chi connectivity index (χ1n) is 7.73. The number of hydrogen-bond donors (Lipinski definition) is 1. The third-order valence-corrected chi connectivity index (χ3v) is 5.27. The second-order valence-corrected chi connectivity index (χ2v) is 7.81. The molecule has 0 fully saturated rings. The number of carbonyl (C=O) groups excluding carboxylic acids is 1. The minimum absolute atomic E-state index is 0.229. The molecule has 0 saturated heterocycles. The van der Waals surface area contributed by atoms with E-state index in [1.165, 1.54) is 19.1 Å². The summed E-state index contributed by atoms with van der Waals surface area (Å²) >= 11 is 0. The van der Waals surface area contributed by atoms with Gasteiger partial charge < -0.3 is 5.32 Å². The lowest BCUT2D eigenvalue weighted by molar-refractivity contribution is -0.116. The molecule has 0 unspecified atom stereocenters. The van der Waals surface area contributed by atoms with Gasteiger partial charge in [-0.25, -0.2) is 12.8 Å². The van der Waals surface area contributed by atoms with Crippen molar-refractivity contribution in [2.75, 3.05) is 15.9 Å². The Morgan fingerprint density at radius 1 is 1.12 bits per heavy atom. The van der Waals surface area contributed by atoms with E-state index in [2.05, 4.69) is 5.32 Å². The minimum Gasteiger partial charge on any atom is -0.324 e. The summed E-state index contributed by atoms with van der Waals surface area (Å²) in [5, 5.41) is 2.77. The number of aryl methyl sites for hydroxylation is 1. The molecule has 0 radical (unpaired) electrons. The van der Waals surface area contributed by atoms with Gasteiger partial charge in [-0.15, -0.1) is 0 Å². The number of benzene rings is 2. The first-order chi connectivity index (χ1) is 11.6. The van der Waals surface area contributed by atoms with Crippen LogP contribution in [0.1, 0.15) is 18.1 Å². The van der Waals surface area contributed by atoms with Crippen molar-refractivity contribution in [1.29, 1.82) is 0 Å². The third-order valence-electron chi connectivity index (χ3n) is 4.03. The van der Waals surface area contributed by atoms with Crippen molar-refractivity contribution in [2.45, 2.75) is 26.8 Å². The highest BCUT2D eigenvalue weighted by molar-refractivity contribution is 7.92. The van der Waals surface area contributed by atoms with Crippen LogP contribution in [0.2, 0.25) is 0 Å². The summed E-state index contributed by atoms with van der Waals surface area (Å²) in [6.07, 6.45) is 1.01. The fraction of sp³-hybridized carbons (Fsp3) is 0.278. The summed E-state index contributed by atoms with van der Waals surface area (Å²) < 4.78 is 38.5. The lowest BCUT2D eigenvalue weighted by Gasteiger charge is -2.28. The van der Waals surface area contributed by atoms with Gasteiger partial charge in [0.1, 0.15) is 11.9 Å². The second-order valence-electron chi connectivity index (χ2n) is 5.95. The predicted molar refractivity (Wildman–Crippen MR) is 97.7 cm³/mol. The molecule has 5 nitrogen and oxygen atoms in total. The Morgan fingerprint density at radius 3 is 2.28 bits per heavy atom. The number of sulfonamides is 1. The lowest BCUT2D eigenvalue weighted by Crippen LogP contribution is -2.45. The largest absolute Gasteiger partial charge is 0.324 e. The summed E-state index contributed by atoms with van der Waals surface area (Å²) in [5.41, 5.74) is 2.79. The standard InChI is InChI=1S/C18H21FN2O3S/c1-12-6-5-7-17(13(12)2)20-18(22)14(3)21(25(4,23)24)16-10-8-15(19)9-11-16/h5-11,14H,1-4H3,(H,20,22)/t14-/m0/s1. The van der Waals surface area contributed by atoms with Crippen LogP contribution in [-0.4, -0.2) is 26.6 Å². The van der Waals surface area contributed by atoms with Gasteiger partial charge in [0.15, 0.2) is 0 Å². The van der Waals surface area contributed by atoms with Crippen LogP contribution in [0.5, 0.6) is 0 Å². The number of amides is 1. The number of carbonyl (C=O) groups is 1. The molecular formula is C18H21FN2O3S. The molecule has 0 aliphatic rings. The quantitative estimate of drug-likeness (QED) is 0.886. The molecule has 0 bridgehead atoms. The number of rotatable bonds is 5. The Hall–Kier alpha value is -2.41.